The van der Waals surface area contributed by atoms with Gasteiger partial charge < -0.3 is 4.90 Å². The topological polar surface area (TPSA) is 60.9 Å². The Bertz CT molecular complexity index is 747. The van der Waals surface area contributed by atoms with E-state index in [4.69, 9.17) is 0 Å². The Hall–Kier alpha value is -2.58. The van der Waals surface area contributed by atoms with E-state index in [1.807, 2.05) is 0 Å². The van der Waals surface area contributed by atoms with E-state index in [1.165, 1.54) is 20.2 Å². The average molecular weight is 383 g/mol. The number of imide groups is 1. The fraction of sp³-hybridized carbons (Fsp3) is 0.500. The molecular formula is C18H20F3N3O3. The maximum atomic E-state index is 13.1. The van der Waals surface area contributed by atoms with Gasteiger partial charge in [-0.05, 0) is 43.9 Å². The molecule has 0 radical (unpaired) electrons. The third-order valence-electron chi connectivity index (χ3n) is 4.45. The van der Waals surface area contributed by atoms with E-state index >= 15 is 0 Å². The zero-order chi connectivity index (χ0) is 19.9. The molecule has 2 saturated carbocycles. The molecule has 1 aromatic carbocycles. The quantitative estimate of drug-likeness (QED) is 0.595. The van der Waals surface area contributed by atoms with Gasteiger partial charge in [0.25, 0.3) is 11.8 Å². The summed E-state index contributed by atoms with van der Waals surface area (Å²) in [5, 5.41) is 1.53. The number of carbonyl (C=O) groups excluding carboxylic acids is 3. The second-order valence-electron chi connectivity index (χ2n) is 7.07. The SMILES string of the molecule is CN(C)C(=O)N(c1cccc(C(F)(F)F)c1)N(C(=O)C1CC1)C(=O)C1CC1. The lowest BCUT2D eigenvalue weighted by atomic mass is 10.2. The first-order valence-corrected chi connectivity index (χ1v) is 8.67. The van der Waals surface area contributed by atoms with Crippen molar-refractivity contribution in [3.63, 3.8) is 0 Å². The lowest BCUT2D eigenvalue weighted by molar-refractivity contribution is -0.146. The number of benzene rings is 1. The summed E-state index contributed by atoms with van der Waals surface area (Å²) in [5.41, 5.74) is -1.14. The van der Waals surface area contributed by atoms with Crippen LogP contribution in [-0.2, 0) is 15.8 Å². The van der Waals surface area contributed by atoms with Crippen LogP contribution >= 0.6 is 0 Å². The van der Waals surface area contributed by atoms with Crippen LogP contribution in [0, 0.1) is 11.8 Å². The van der Waals surface area contributed by atoms with Gasteiger partial charge in [0, 0.05) is 25.9 Å². The highest BCUT2D eigenvalue weighted by Crippen LogP contribution is 2.38. The number of urea groups is 1. The Kier molecular flexibility index (Phi) is 4.88. The third kappa shape index (κ3) is 4.06. The van der Waals surface area contributed by atoms with Crippen molar-refractivity contribution in [1.82, 2.24) is 9.91 Å². The van der Waals surface area contributed by atoms with Crippen molar-refractivity contribution >= 4 is 23.5 Å². The van der Waals surface area contributed by atoms with Gasteiger partial charge in [-0.2, -0.15) is 23.2 Å². The third-order valence-corrected chi connectivity index (χ3v) is 4.45. The summed E-state index contributed by atoms with van der Waals surface area (Å²) < 4.78 is 39.4. The molecule has 0 saturated heterocycles. The molecule has 3 rings (SSSR count). The molecule has 2 fully saturated rings. The summed E-state index contributed by atoms with van der Waals surface area (Å²) in [6.07, 6.45) is -2.23. The lowest BCUT2D eigenvalue weighted by Crippen LogP contribution is -2.57. The monoisotopic (exact) mass is 383 g/mol. The maximum Gasteiger partial charge on any atom is 0.416 e. The molecule has 0 aromatic heterocycles. The second kappa shape index (κ2) is 6.86. The van der Waals surface area contributed by atoms with E-state index in [-0.39, 0.29) is 17.5 Å². The van der Waals surface area contributed by atoms with E-state index < -0.39 is 29.6 Å². The Balaban J connectivity index is 2.07. The molecule has 4 amide bonds. The van der Waals surface area contributed by atoms with Crippen molar-refractivity contribution in [2.24, 2.45) is 11.8 Å². The number of amides is 4. The number of halogens is 3. The van der Waals surface area contributed by atoms with E-state index in [9.17, 15) is 27.6 Å². The normalized spacial score (nSPS) is 16.6. The van der Waals surface area contributed by atoms with E-state index in [0.717, 1.165) is 33.1 Å². The minimum absolute atomic E-state index is 0.175. The van der Waals surface area contributed by atoms with Crippen molar-refractivity contribution in [2.75, 3.05) is 19.1 Å². The molecule has 0 bridgehead atoms. The van der Waals surface area contributed by atoms with E-state index in [2.05, 4.69) is 0 Å². The molecule has 6 nitrogen and oxygen atoms in total. The molecule has 146 valence electrons. The van der Waals surface area contributed by atoms with Gasteiger partial charge in [0.2, 0.25) is 0 Å². The summed E-state index contributed by atoms with van der Waals surface area (Å²) in [6, 6.07) is 3.31. The van der Waals surface area contributed by atoms with E-state index in [0.29, 0.717) is 25.7 Å². The van der Waals surface area contributed by atoms with Crippen molar-refractivity contribution in [2.45, 2.75) is 31.9 Å². The van der Waals surface area contributed by atoms with Crippen LogP contribution in [0.15, 0.2) is 24.3 Å². The standard InChI is InChI=1S/C18H20F3N3O3/c1-22(2)17(27)23(14-5-3-4-13(10-14)18(19,20)21)24(15(25)11-6-7-11)16(26)12-8-9-12/h3-5,10-12H,6-9H2,1-2H3. The summed E-state index contributed by atoms with van der Waals surface area (Å²) in [6.45, 7) is 0. The molecular weight excluding hydrogens is 363 g/mol. The van der Waals surface area contributed by atoms with Crippen LogP contribution in [0.3, 0.4) is 0 Å². The molecule has 0 heterocycles. The minimum atomic E-state index is -4.62. The molecule has 2 aliphatic carbocycles. The van der Waals surface area contributed by atoms with Crippen LogP contribution in [0.5, 0.6) is 0 Å². The van der Waals surface area contributed by atoms with Gasteiger partial charge in [0.1, 0.15) is 0 Å². The Labute approximate surface area is 154 Å². The first-order chi connectivity index (χ1) is 12.6. The van der Waals surface area contributed by atoms with Gasteiger partial charge in [0.05, 0.1) is 11.3 Å². The highest BCUT2D eigenvalue weighted by Gasteiger charge is 2.46. The molecule has 0 N–H and O–H groups in total. The Morgan fingerprint density at radius 1 is 0.963 bits per heavy atom. The Morgan fingerprint density at radius 2 is 1.48 bits per heavy atom. The van der Waals surface area contributed by atoms with Crippen molar-refractivity contribution in [3.05, 3.63) is 29.8 Å². The maximum absolute atomic E-state index is 13.1. The Morgan fingerprint density at radius 3 is 1.89 bits per heavy atom. The van der Waals surface area contributed by atoms with Crippen molar-refractivity contribution in [1.29, 1.82) is 0 Å². The van der Waals surface area contributed by atoms with Crippen LogP contribution in [0.1, 0.15) is 31.2 Å². The van der Waals surface area contributed by atoms with Crippen molar-refractivity contribution < 1.29 is 27.6 Å². The van der Waals surface area contributed by atoms with Gasteiger partial charge in [-0.3, -0.25) is 9.59 Å². The predicted molar refractivity (Wildman–Crippen MR) is 90.3 cm³/mol. The summed E-state index contributed by atoms with van der Waals surface area (Å²) >= 11 is 0. The number of hydrazine groups is 1. The fourth-order valence-electron chi connectivity index (χ4n) is 2.63. The molecule has 0 aliphatic heterocycles. The lowest BCUT2D eigenvalue weighted by Gasteiger charge is -2.35. The van der Waals surface area contributed by atoms with Crippen LogP contribution in [0.2, 0.25) is 0 Å². The number of hydrogen-bond acceptors (Lipinski definition) is 3. The second-order valence-corrected chi connectivity index (χ2v) is 7.07. The highest BCUT2D eigenvalue weighted by atomic mass is 19.4. The van der Waals surface area contributed by atoms with Gasteiger partial charge in [-0.25, -0.2) is 4.79 Å². The zero-order valence-corrected chi connectivity index (χ0v) is 15.0. The van der Waals surface area contributed by atoms with Crippen LogP contribution in [0.4, 0.5) is 23.7 Å². The number of rotatable bonds is 3. The highest BCUT2D eigenvalue weighted by molar-refractivity contribution is 6.06. The van der Waals surface area contributed by atoms with Crippen LogP contribution in [0.25, 0.3) is 0 Å². The summed E-state index contributed by atoms with van der Waals surface area (Å²) in [5.74, 6) is -1.84. The summed E-state index contributed by atoms with van der Waals surface area (Å²) in [7, 11) is 2.81. The number of carbonyl (C=O) groups is 3. The van der Waals surface area contributed by atoms with Crippen LogP contribution in [-0.4, -0.2) is 41.8 Å². The molecule has 0 atom stereocenters. The van der Waals surface area contributed by atoms with Gasteiger partial charge in [0.15, 0.2) is 0 Å². The number of hydrogen-bond donors (Lipinski definition) is 0. The molecule has 2 aliphatic rings. The number of nitrogens with zero attached hydrogens (tertiary/aromatic N) is 3. The largest absolute Gasteiger partial charge is 0.416 e. The molecule has 0 unspecified atom stereocenters. The van der Waals surface area contributed by atoms with E-state index in [1.54, 1.807) is 0 Å². The number of alkyl halides is 3. The molecule has 0 spiro atoms. The van der Waals surface area contributed by atoms with Crippen LogP contribution < -0.4 is 5.01 Å². The first-order valence-electron chi connectivity index (χ1n) is 8.67. The minimum Gasteiger partial charge on any atom is -0.329 e. The zero-order valence-electron chi connectivity index (χ0n) is 15.0. The van der Waals surface area contributed by atoms with Crippen molar-refractivity contribution in [3.8, 4) is 0 Å². The molecule has 1 aromatic rings. The predicted octanol–water partition coefficient (Wildman–Crippen LogP) is 3.28. The average Bonchev–Trinajstić information content (AvgIpc) is 3.49. The number of anilines is 1. The smallest absolute Gasteiger partial charge is 0.329 e. The fourth-order valence-corrected chi connectivity index (χ4v) is 2.63. The van der Waals surface area contributed by atoms with Gasteiger partial charge >= 0.3 is 12.2 Å². The molecule has 27 heavy (non-hydrogen) atoms. The van der Waals surface area contributed by atoms with Gasteiger partial charge in [-0.1, -0.05) is 6.07 Å². The molecule has 9 heteroatoms. The first kappa shape index (κ1) is 19.2. The summed E-state index contributed by atoms with van der Waals surface area (Å²) in [4.78, 5) is 39.4. The van der Waals surface area contributed by atoms with Gasteiger partial charge in [-0.15, -0.1) is 0 Å².